The van der Waals surface area contributed by atoms with Crippen LogP contribution in [0.4, 0.5) is 5.69 Å². The Morgan fingerprint density at radius 1 is 1.19 bits per heavy atom. The standard InChI is InChI=1S/C14H10INO4S/c15-10-1-3-11(4-2-10)21-12-5-6-13(16(19)20)9(7-12)8-14(17)18/h1-7H,8H2,(H,17,18). The van der Waals surface area contributed by atoms with E-state index >= 15 is 0 Å². The van der Waals surface area contributed by atoms with Crippen LogP contribution in [-0.2, 0) is 11.2 Å². The van der Waals surface area contributed by atoms with E-state index in [-0.39, 0.29) is 17.7 Å². The quantitative estimate of drug-likeness (QED) is 0.454. The molecule has 0 aliphatic rings. The molecule has 0 aliphatic carbocycles. The van der Waals surface area contributed by atoms with E-state index in [1.807, 2.05) is 24.3 Å². The van der Waals surface area contributed by atoms with Crippen molar-refractivity contribution in [2.45, 2.75) is 16.2 Å². The Kier molecular flexibility index (Phi) is 5.18. The third kappa shape index (κ3) is 4.43. The Balaban J connectivity index is 2.30. The number of nitro benzene ring substituents is 1. The van der Waals surface area contributed by atoms with Crippen molar-refractivity contribution < 1.29 is 14.8 Å². The maximum Gasteiger partial charge on any atom is 0.308 e. The molecule has 0 heterocycles. The summed E-state index contributed by atoms with van der Waals surface area (Å²) in [5.41, 5.74) is 0.0485. The zero-order chi connectivity index (χ0) is 15.4. The van der Waals surface area contributed by atoms with Gasteiger partial charge in [-0.2, -0.15) is 0 Å². The largest absolute Gasteiger partial charge is 0.481 e. The van der Waals surface area contributed by atoms with E-state index in [0.717, 1.165) is 13.4 Å². The molecule has 0 unspecified atom stereocenters. The second-order valence-corrected chi connectivity index (χ2v) is 6.57. The summed E-state index contributed by atoms with van der Waals surface area (Å²) >= 11 is 3.65. The number of hydrogen-bond donors (Lipinski definition) is 1. The van der Waals surface area contributed by atoms with Crippen molar-refractivity contribution in [3.63, 3.8) is 0 Å². The van der Waals surface area contributed by atoms with Crippen LogP contribution in [0.5, 0.6) is 0 Å². The number of halogens is 1. The number of hydrogen-bond acceptors (Lipinski definition) is 4. The molecule has 0 aliphatic heterocycles. The summed E-state index contributed by atoms with van der Waals surface area (Å²) in [7, 11) is 0. The molecule has 0 radical (unpaired) electrons. The number of nitrogens with zero attached hydrogens (tertiary/aromatic N) is 1. The van der Waals surface area contributed by atoms with Crippen LogP contribution in [-0.4, -0.2) is 16.0 Å². The first-order chi connectivity index (χ1) is 9.95. The van der Waals surface area contributed by atoms with Gasteiger partial charge >= 0.3 is 5.97 Å². The van der Waals surface area contributed by atoms with Gasteiger partial charge in [0.25, 0.3) is 5.69 Å². The van der Waals surface area contributed by atoms with Gasteiger partial charge in [0.1, 0.15) is 0 Å². The normalized spacial score (nSPS) is 10.3. The first-order valence-electron chi connectivity index (χ1n) is 5.88. The van der Waals surface area contributed by atoms with Gasteiger partial charge in [-0.25, -0.2) is 0 Å². The van der Waals surface area contributed by atoms with Crippen molar-refractivity contribution in [1.82, 2.24) is 0 Å². The molecule has 0 saturated heterocycles. The Bertz CT molecular complexity index is 688. The lowest BCUT2D eigenvalue weighted by Gasteiger charge is -2.05. The Morgan fingerprint density at radius 2 is 1.81 bits per heavy atom. The lowest BCUT2D eigenvalue weighted by Crippen LogP contribution is -2.03. The average Bonchev–Trinajstić information content (AvgIpc) is 2.40. The summed E-state index contributed by atoms with van der Waals surface area (Å²) in [5, 5.41) is 19.8. The molecule has 7 heteroatoms. The molecular formula is C14H10INO4S. The molecular weight excluding hydrogens is 405 g/mol. The first-order valence-corrected chi connectivity index (χ1v) is 7.78. The summed E-state index contributed by atoms with van der Waals surface area (Å²) < 4.78 is 1.12. The van der Waals surface area contributed by atoms with Crippen LogP contribution in [0.3, 0.4) is 0 Å². The fourth-order valence-electron chi connectivity index (χ4n) is 1.75. The van der Waals surface area contributed by atoms with Gasteiger partial charge < -0.3 is 5.11 Å². The molecule has 0 aromatic heterocycles. The summed E-state index contributed by atoms with van der Waals surface area (Å²) in [6.45, 7) is 0. The van der Waals surface area contributed by atoms with Crippen LogP contribution in [0.15, 0.2) is 52.3 Å². The molecule has 5 nitrogen and oxygen atoms in total. The number of carboxylic acid groups (broad SMARTS) is 1. The lowest BCUT2D eigenvalue weighted by atomic mass is 10.1. The number of carboxylic acids is 1. The van der Waals surface area contributed by atoms with Crippen molar-refractivity contribution in [2.24, 2.45) is 0 Å². The summed E-state index contributed by atoms with van der Waals surface area (Å²) in [6.07, 6.45) is -0.364. The van der Waals surface area contributed by atoms with Crippen LogP contribution in [0.1, 0.15) is 5.56 Å². The Labute approximate surface area is 138 Å². The van der Waals surface area contributed by atoms with Crippen LogP contribution >= 0.6 is 34.4 Å². The molecule has 0 amide bonds. The number of nitro groups is 1. The maximum atomic E-state index is 10.9. The zero-order valence-corrected chi connectivity index (χ0v) is 13.6. The zero-order valence-electron chi connectivity index (χ0n) is 10.7. The minimum absolute atomic E-state index is 0.163. The van der Waals surface area contributed by atoms with Gasteiger partial charge in [0.15, 0.2) is 0 Å². The SMILES string of the molecule is O=C(O)Cc1cc(Sc2ccc(I)cc2)ccc1[N+](=O)[O-]. The average molecular weight is 415 g/mol. The maximum absolute atomic E-state index is 10.9. The van der Waals surface area contributed by atoms with Gasteiger partial charge in [-0.05, 0) is 59.0 Å². The van der Waals surface area contributed by atoms with Crippen LogP contribution in [0.25, 0.3) is 0 Å². The van der Waals surface area contributed by atoms with E-state index in [1.54, 1.807) is 12.1 Å². The van der Waals surface area contributed by atoms with Gasteiger partial charge in [-0.15, -0.1) is 0 Å². The van der Waals surface area contributed by atoms with Gasteiger partial charge in [0.05, 0.1) is 11.3 Å². The third-order valence-corrected chi connectivity index (χ3v) is 4.36. The summed E-state index contributed by atoms with van der Waals surface area (Å²) in [5.74, 6) is -1.09. The highest BCUT2D eigenvalue weighted by Gasteiger charge is 2.17. The molecule has 0 fully saturated rings. The van der Waals surface area contributed by atoms with Crippen molar-refractivity contribution in [1.29, 1.82) is 0 Å². The minimum Gasteiger partial charge on any atom is -0.481 e. The second kappa shape index (κ2) is 6.90. The first kappa shape index (κ1) is 15.8. The Hall–Kier alpha value is -1.61. The molecule has 0 saturated carbocycles. The topological polar surface area (TPSA) is 80.4 Å². The molecule has 2 aromatic carbocycles. The van der Waals surface area contributed by atoms with Gasteiger partial charge in [-0.1, -0.05) is 11.8 Å². The third-order valence-electron chi connectivity index (χ3n) is 2.64. The van der Waals surface area contributed by atoms with E-state index in [0.29, 0.717) is 0 Å². The van der Waals surface area contributed by atoms with E-state index in [4.69, 9.17) is 5.11 Å². The number of benzene rings is 2. The van der Waals surface area contributed by atoms with Gasteiger partial charge in [0.2, 0.25) is 0 Å². The molecule has 0 bridgehead atoms. The fourth-order valence-corrected chi connectivity index (χ4v) is 2.99. The van der Waals surface area contributed by atoms with Crippen LogP contribution < -0.4 is 0 Å². The van der Waals surface area contributed by atoms with E-state index in [1.165, 1.54) is 17.8 Å². The van der Waals surface area contributed by atoms with Crippen molar-refractivity contribution in [3.05, 3.63) is 61.7 Å². The predicted molar refractivity (Wildman–Crippen MR) is 87.7 cm³/mol. The predicted octanol–water partition coefficient (Wildman–Crippen LogP) is 3.98. The highest BCUT2D eigenvalue weighted by molar-refractivity contribution is 14.1. The fraction of sp³-hybridized carbons (Fsp3) is 0.0714. The second-order valence-electron chi connectivity index (χ2n) is 4.17. The molecule has 21 heavy (non-hydrogen) atoms. The smallest absolute Gasteiger partial charge is 0.308 e. The van der Waals surface area contributed by atoms with Crippen LogP contribution in [0.2, 0.25) is 0 Å². The van der Waals surface area contributed by atoms with Crippen molar-refractivity contribution in [2.75, 3.05) is 0 Å². The highest BCUT2D eigenvalue weighted by atomic mass is 127. The number of aliphatic carboxylic acids is 1. The minimum atomic E-state index is -1.09. The molecule has 1 N–H and O–H groups in total. The highest BCUT2D eigenvalue weighted by Crippen LogP contribution is 2.31. The van der Waals surface area contributed by atoms with Crippen molar-refractivity contribution >= 4 is 46.0 Å². The van der Waals surface area contributed by atoms with Crippen LogP contribution in [0, 0.1) is 13.7 Å². The summed E-state index contributed by atoms with van der Waals surface area (Å²) in [4.78, 5) is 22.9. The molecule has 0 spiro atoms. The number of carbonyl (C=O) groups is 1. The Morgan fingerprint density at radius 3 is 2.38 bits per heavy atom. The lowest BCUT2D eigenvalue weighted by molar-refractivity contribution is -0.385. The molecule has 108 valence electrons. The number of rotatable bonds is 5. The van der Waals surface area contributed by atoms with E-state index < -0.39 is 10.9 Å². The molecule has 2 aromatic rings. The monoisotopic (exact) mass is 415 g/mol. The molecule has 2 rings (SSSR count). The van der Waals surface area contributed by atoms with E-state index in [2.05, 4.69) is 22.6 Å². The van der Waals surface area contributed by atoms with Gasteiger partial charge in [0, 0.05) is 25.0 Å². The molecule has 0 atom stereocenters. The van der Waals surface area contributed by atoms with Gasteiger partial charge in [-0.3, -0.25) is 14.9 Å². The summed E-state index contributed by atoms with van der Waals surface area (Å²) in [6, 6.07) is 12.4. The van der Waals surface area contributed by atoms with E-state index in [9.17, 15) is 14.9 Å². The van der Waals surface area contributed by atoms with Crippen molar-refractivity contribution in [3.8, 4) is 0 Å².